The van der Waals surface area contributed by atoms with Crippen molar-refractivity contribution in [2.24, 2.45) is 0 Å². The summed E-state index contributed by atoms with van der Waals surface area (Å²) in [6.07, 6.45) is 3.79. The molecule has 2 aliphatic heterocycles. The molecule has 168 valence electrons. The molecule has 2 aliphatic rings. The zero-order chi connectivity index (χ0) is 22.7. The number of nitrogens with one attached hydrogen (secondary N) is 1. The lowest BCUT2D eigenvalue weighted by atomic mass is 10.1. The van der Waals surface area contributed by atoms with Crippen molar-refractivity contribution in [3.05, 3.63) is 63.8 Å². The number of amides is 1. The van der Waals surface area contributed by atoms with E-state index in [1.807, 2.05) is 37.3 Å². The predicted molar refractivity (Wildman–Crippen MR) is 128 cm³/mol. The lowest BCUT2D eigenvalue weighted by molar-refractivity contribution is -0.123. The number of halogens is 1. The predicted octanol–water partition coefficient (Wildman–Crippen LogP) is 4.47. The molecule has 1 unspecified atom stereocenters. The Hall–Kier alpha value is -2.61. The molecule has 0 saturated carbocycles. The third-order valence-corrected chi connectivity index (χ3v) is 6.07. The van der Waals surface area contributed by atoms with Gasteiger partial charge in [-0.15, -0.1) is 0 Å². The van der Waals surface area contributed by atoms with Crippen LogP contribution in [0.1, 0.15) is 29.5 Å². The Balaban J connectivity index is 1.50. The maximum Gasteiger partial charge on any atom is 0.276 e. The largest absolute Gasteiger partial charge is 0.496 e. The molecule has 0 aliphatic carbocycles. The Labute approximate surface area is 198 Å². The zero-order valence-electron chi connectivity index (χ0n) is 18.0. The van der Waals surface area contributed by atoms with Gasteiger partial charge in [-0.1, -0.05) is 17.7 Å². The van der Waals surface area contributed by atoms with Crippen molar-refractivity contribution in [2.45, 2.75) is 32.5 Å². The van der Waals surface area contributed by atoms with Gasteiger partial charge in [0.25, 0.3) is 5.91 Å². The fraction of sp³-hybridized carbons (Fsp3) is 0.333. The molecule has 2 heterocycles. The highest BCUT2D eigenvalue weighted by atomic mass is 35.5. The number of carbonyl (C=O) groups excluding carboxylic acids is 1. The van der Waals surface area contributed by atoms with Gasteiger partial charge in [-0.05, 0) is 79.5 Å². The monoisotopic (exact) mass is 472 g/mol. The Kier molecular flexibility index (Phi) is 6.98. The number of aryl methyl sites for hydroxylation is 1. The van der Waals surface area contributed by atoms with Crippen molar-refractivity contribution >= 4 is 40.9 Å². The van der Waals surface area contributed by atoms with Crippen molar-refractivity contribution in [3.63, 3.8) is 0 Å². The normalized spacial score (nSPS) is 19.5. The van der Waals surface area contributed by atoms with E-state index in [4.69, 9.17) is 38.0 Å². The molecule has 2 aromatic carbocycles. The summed E-state index contributed by atoms with van der Waals surface area (Å²) in [7, 11) is 1.62. The van der Waals surface area contributed by atoms with Crippen LogP contribution in [0.15, 0.2) is 42.1 Å². The lowest BCUT2D eigenvalue weighted by Crippen LogP contribution is -2.37. The first-order chi connectivity index (χ1) is 15.4. The molecule has 8 heteroatoms. The second kappa shape index (κ2) is 9.90. The van der Waals surface area contributed by atoms with Crippen LogP contribution in [-0.2, 0) is 16.1 Å². The SMILES string of the molecule is COc1ccc(/C=C2/NC(=S)N(CC3CCCO3)C2=O)cc1COc1ccc(Cl)cc1C. The van der Waals surface area contributed by atoms with E-state index in [9.17, 15) is 4.79 Å². The van der Waals surface area contributed by atoms with Crippen molar-refractivity contribution in [2.75, 3.05) is 20.3 Å². The molecule has 6 nitrogen and oxygen atoms in total. The Bertz CT molecular complexity index is 1070. The van der Waals surface area contributed by atoms with Crippen LogP contribution in [0.2, 0.25) is 5.02 Å². The van der Waals surface area contributed by atoms with Crippen LogP contribution >= 0.6 is 23.8 Å². The Morgan fingerprint density at radius 2 is 2.09 bits per heavy atom. The van der Waals surface area contributed by atoms with Gasteiger partial charge in [-0.2, -0.15) is 0 Å². The standard InChI is InChI=1S/C24H25ClN2O4S/c1-15-10-18(25)6-8-21(15)31-14-17-11-16(5-7-22(17)29-2)12-20-23(28)27(24(32)26-20)13-19-4-3-9-30-19/h5-8,10-12,19H,3-4,9,13-14H2,1-2H3,(H,26,32)/b20-12+. The van der Waals surface area contributed by atoms with Gasteiger partial charge in [0, 0.05) is 17.2 Å². The molecule has 32 heavy (non-hydrogen) atoms. The van der Waals surface area contributed by atoms with Crippen molar-refractivity contribution < 1.29 is 19.0 Å². The maximum absolute atomic E-state index is 12.9. The van der Waals surface area contributed by atoms with E-state index < -0.39 is 0 Å². The molecule has 0 radical (unpaired) electrons. The highest BCUT2D eigenvalue weighted by Gasteiger charge is 2.33. The minimum absolute atomic E-state index is 0.0408. The van der Waals surface area contributed by atoms with E-state index in [0.29, 0.717) is 34.7 Å². The molecule has 1 amide bonds. The van der Waals surface area contributed by atoms with E-state index in [-0.39, 0.29) is 12.0 Å². The summed E-state index contributed by atoms with van der Waals surface area (Å²) >= 11 is 11.4. The highest BCUT2D eigenvalue weighted by Crippen LogP contribution is 2.27. The van der Waals surface area contributed by atoms with Gasteiger partial charge in [-0.25, -0.2) is 0 Å². The fourth-order valence-electron chi connectivity index (χ4n) is 3.83. The number of hydrogen-bond donors (Lipinski definition) is 1. The second-order valence-electron chi connectivity index (χ2n) is 7.81. The summed E-state index contributed by atoms with van der Waals surface area (Å²) in [6, 6.07) is 11.2. The first kappa shape index (κ1) is 22.6. The van der Waals surface area contributed by atoms with Crippen LogP contribution < -0.4 is 14.8 Å². The van der Waals surface area contributed by atoms with E-state index in [2.05, 4.69) is 5.32 Å². The smallest absolute Gasteiger partial charge is 0.276 e. The molecule has 2 aromatic rings. The van der Waals surface area contributed by atoms with Gasteiger partial charge < -0.3 is 19.5 Å². The molecular formula is C24H25ClN2O4S. The average Bonchev–Trinajstić information content (AvgIpc) is 3.37. The van der Waals surface area contributed by atoms with Gasteiger partial charge in [0.1, 0.15) is 23.8 Å². The third kappa shape index (κ3) is 5.06. The maximum atomic E-state index is 12.9. The number of hydrogen-bond acceptors (Lipinski definition) is 5. The number of carbonyl (C=O) groups is 1. The van der Waals surface area contributed by atoms with Gasteiger partial charge in [0.2, 0.25) is 0 Å². The average molecular weight is 473 g/mol. The van der Waals surface area contributed by atoms with Crippen LogP contribution in [0.25, 0.3) is 6.08 Å². The summed E-state index contributed by atoms with van der Waals surface area (Å²) in [6.45, 7) is 3.47. The van der Waals surface area contributed by atoms with E-state index in [1.165, 1.54) is 0 Å². The van der Waals surface area contributed by atoms with Gasteiger partial charge in [-0.3, -0.25) is 9.69 Å². The first-order valence-electron chi connectivity index (χ1n) is 10.5. The molecule has 0 spiro atoms. The second-order valence-corrected chi connectivity index (χ2v) is 8.63. The number of nitrogens with zero attached hydrogens (tertiary/aromatic N) is 1. The van der Waals surface area contributed by atoms with Crippen molar-refractivity contribution in [3.8, 4) is 11.5 Å². The van der Waals surface area contributed by atoms with E-state index in [0.717, 1.165) is 41.9 Å². The Morgan fingerprint density at radius 1 is 1.28 bits per heavy atom. The number of rotatable bonds is 7. The number of thiocarbonyl (C=S) groups is 1. The third-order valence-electron chi connectivity index (χ3n) is 5.51. The molecule has 1 N–H and O–H groups in total. The topological polar surface area (TPSA) is 60.0 Å². The van der Waals surface area contributed by atoms with Gasteiger partial charge >= 0.3 is 0 Å². The van der Waals surface area contributed by atoms with Gasteiger partial charge in [0.05, 0.1) is 19.8 Å². The molecule has 4 rings (SSSR count). The number of methoxy groups -OCH3 is 1. The minimum Gasteiger partial charge on any atom is -0.496 e. The van der Waals surface area contributed by atoms with Gasteiger partial charge in [0.15, 0.2) is 5.11 Å². The number of benzene rings is 2. The first-order valence-corrected chi connectivity index (χ1v) is 11.2. The summed E-state index contributed by atoms with van der Waals surface area (Å²) in [5.41, 5.74) is 3.10. The molecule has 1 atom stereocenters. The van der Waals surface area contributed by atoms with E-state index >= 15 is 0 Å². The summed E-state index contributed by atoms with van der Waals surface area (Å²) in [5, 5.41) is 4.11. The molecule has 0 aromatic heterocycles. The zero-order valence-corrected chi connectivity index (χ0v) is 19.6. The van der Waals surface area contributed by atoms with Crippen LogP contribution in [-0.4, -0.2) is 42.3 Å². The van der Waals surface area contributed by atoms with Crippen molar-refractivity contribution in [1.82, 2.24) is 10.2 Å². The Morgan fingerprint density at radius 3 is 2.81 bits per heavy atom. The summed E-state index contributed by atoms with van der Waals surface area (Å²) < 4.78 is 17.1. The summed E-state index contributed by atoms with van der Waals surface area (Å²) in [4.78, 5) is 14.5. The van der Waals surface area contributed by atoms with Crippen molar-refractivity contribution in [1.29, 1.82) is 0 Å². The quantitative estimate of drug-likeness (QED) is 0.474. The lowest BCUT2D eigenvalue weighted by Gasteiger charge is -2.18. The number of ether oxygens (including phenoxy) is 3. The highest BCUT2D eigenvalue weighted by molar-refractivity contribution is 7.80. The van der Waals surface area contributed by atoms with E-state index in [1.54, 1.807) is 24.2 Å². The van der Waals surface area contributed by atoms with Crippen LogP contribution in [0.3, 0.4) is 0 Å². The van der Waals surface area contributed by atoms with Crippen LogP contribution in [0, 0.1) is 6.92 Å². The minimum atomic E-state index is -0.143. The van der Waals surface area contributed by atoms with Crippen LogP contribution in [0.5, 0.6) is 11.5 Å². The summed E-state index contributed by atoms with van der Waals surface area (Å²) in [5.74, 6) is 1.32. The molecule has 2 saturated heterocycles. The molecule has 2 fully saturated rings. The molecular weight excluding hydrogens is 448 g/mol. The fourth-order valence-corrected chi connectivity index (χ4v) is 4.32. The van der Waals surface area contributed by atoms with Crippen LogP contribution in [0.4, 0.5) is 0 Å². The molecule has 0 bridgehead atoms.